The Kier molecular flexibility index (Phi) is 7.18. The molecule has 0 aromatic carbocycles. The molecule has 1 aromatic heterocycles. The summed E-state index contributed by atoms with van der Waals surface area (Å²) in [5.74, 6) is -0.986. The molecule has 0 radical (unpaired) electrons. The van der Waals surface area contributed by atoms with E-state index in [-0.39, 0.29) is 5.92 Å². The molecule has 5 nitrogen and oxygen atoms in total. The first-order valence-corrected chi connectivity index (χ1v) is 7.91. The van der Waals surface area contributed by atoms with E-state index in [4.69, 9.17) is 16.7 Å². The van der Waals surface area contributed by atoms with E-state index >= 15 is 0 Å². The van der Waals surface area contributed by atoms with Gasteiger partial charge < -0.3 is 10.4 Å². The molecule has 0 spiro atoms. The number of carboxylic acid groups (broad SMARTS) is 1. The Morgan fingerprint density at radius 2 is 2.10 bits per heavy atom. The van der Waals surface area contributed by atoms with Gasteiger partial charge in [-0.2, -0.15) is 5.10 Å². The maximum atomic E-state index is 10.8. The zero-order valence-corrected chi connectivity index (χ0v) is 14.1. The number of nitrogens with one attached hydrogen (secondary N) is 1. The van der Waals surface area contributed by atoms with E-state index in [1.54, 1.807) is 6.92 Å². The van der Waals surface area contributed by atoms with E-state index in [0.29, 0.717) is 19.0 Å². The van der Waals surface area contributed by atoms with Gasteiger partial charge in [-0.1, -0.05) is 31.9 Å². The van der Waals surface area contributed by atoms with Gasteiger partial charge >= 0.3 is 5.97 Å². The number of halogens is 1. The highest BCUT2D eigenvalue weighted by molar-refractivity contribution is 6.31. The summed E-state index contributed by atoms with van der Waals surface area (Å²) in [5, 5.41) is 17.4. The normalized spacial score (nSPS) is 14.1. The molecule has 21 heavy (non-hydrogen) atoms. The van der Waals surface area contributed by atoms with Crippen molar-refractivity contribution >= 4 is 17.6 Å². The third kappa shape index (κ3) is 5.32. The first-order chi connectivity index (χ1) is 9.86. The smallest absolute Gasteiger partial charge is 0.306 e. The molecule has 1 heterocycles. The summed E-state index contributed by atoms with van der Waals surface area (Å²) >= 11 is 6.31. The van der Waals surface area contributed by atoms with Crippen LogP contribution in [-0.2, 0) is 24.8 Å². The van der Waals surface area contributed by atoms with Crippen molar-refractivity contribution in [3.63, 3.8) is 0 Å². The molecule has 0 fully saturated rings. The number of hydrogen-bond donors (Lipinski definition) is 2. The minimum Gasteiger partial charge on any atom is -0.481 e. The van der Waals surface area contributed by atoms with Gasteiger partial charge in [0, 0.05) is 19.6 Å². The van der Waals surface area contributed by atoms with Crippen molar-refractivity contribution in [2.24, 2.45) is 13.0 Å². The van der Waals surface area contributed by atoms with Crippen LogP contribution in [0.5, 0.6) is 0 Å². The van der Waals surface area contributed by atoms with E-state index in [2.05, 4.69) is 17.3 Å². The van der Waals surface area contributed by atoms with Crippen LogP contribution in [0.3, 0.4) is 0 Å². The molecule has 0 aliphatic carbocycles. The Morgan fingerprint density at radius 1 is 1.43 bits per heavy atom. The summed E-state index contributed by atoms with van der Waals surface area (Å²) < 4.78 is 1.83. The number of rotatable bonds is 9. The molecule has 0 amide bonds. The Bertz CT molecular complexity index is 474. The van der Waals surface area contributed by atoms with Gasteiger partial charge in [0.25, 0.3) is 0 Å². The number of aliphatic carboxylic acids is 1. The van der Waals surface area contributed by atoms with Crippen LogP contribution in [-0.4, -0.2) is 26.9 Å². The molecule has 0 aliphatic heterocycles. The fraction of sp³-hybridized carbons (Fsp3) is 0.733. The number of aryl methyl sites for hydroxylation is 2. The zero-order valence-electron chi connectivity index (χ0n) is 13.3. The molecule has 2 atom stereocenters. The van der Waals surface area contributed by atoms with E-state index in [0.717, 1.165) is 35.7 Å². The molecule has 1 rings (SSSR count). The van der Waals surface area contributed by atoms with Crippen molar-refractivity contribution in [2.75, 3.05) is 0 Å². The Hall–Kier alpha value is -1.07. The fourth-order valence-corrected chi connectivity index (χ4v) is 2.60. The molecule has 2 N–H and O–H groups in total. The Balaban J connectivity index is 2.38. The second kappa shape index (κ2) is 8.39. The zero-order chi connectivity index (χ0) is 16.0. The lowest BCUT2D eigenvalue weighted by Gasteiger charge is -2.15. The van der Waals surface area contributed by atoms with Gasteiger partial charge in [-0.15, -0.1) is 0 Å². The summed E-state index contributed by atoms with van der Waals surface area (Å²) in [6.07, 6.45) is 3.40. The SMILES string of the molecule is CCc1nn(C)c(CNC(C)CCCC(C)C(=O)O)c1Cl. The number of carbonyl (C=O) groups is 1. The van der Waals surface area contributed by atoms with Gasteiger partial charge in [-0.05, 0) is 26.2 Å². The summed E-state index contributed by atoms with van der Waals surface area (Å²) in [4.78, 5) is 10.8. The van der Waals surface area contributed by atoms with Crippen molar-refractivity contribution in [1.82, 2.24) is 15.1 Å². The standard InChI is InChI=1S/C15H26ClN3O2/c1-5-12-14(16)13(19(4)18-12)9-17-11(3)8-6-7-10(2)15(20)21/h10-11,17H,5-9H2,1-4H3,(H,20,21). The van der Waals surface area contributed by atoms with Crippen molar-refractivity contribution in [3.05, 3.63) is 16.4 Å². The lowest BCUT2D eigenvalue weighted by molar-refractivity contribution is -0.141. The lowest BCUT2D eigenvalue weighted by atomic mass is 10.0. The predicted molar refractivity (Wildman–Crippen MR) is 84.5 cm³/mol. The molecule has 1 aromatic rings. The van der Waals surface area contributed by atoms with Crippen LogP contribution in [0.1, 0.15) is 51.4 Å². The van der Waals surface area contributed by atoms with Crippen LogP contribution in [0.25, 0.3) is 0 Å². The first-order valence-electron chi connectivity index (χ1n) is 7.53. The average Bonchev–Trinajstić information content (AvgIpc) is 2.70. The van der Waals surface area contributed by atoms with Crippen LogP contribution < -0.4 is 5.32 Å². The molecule has 0 saturated heterocycles. The van der Waals surface area contributed by atoms with Crippen LogP contribution in [0.15, 0.2) is 0 Å². The second-order valence-corrected chi connectivity index (χ2v) is 6.01. The summed E-state index contributed by atoms with van der Waals surface area (Å²) in [5.41, 5.74) is 1.93. The second-order valence-electron chi connectivity index (χ2n) is 5.64. The first kappa shape index (κ1) is 18.0. The molecule has 0 aliphatic rings. The summed E-state index contributed by atoms with van der Waals surface area (Å²) in [7, 11) is 1.90. The maximum Gasteiger partial charge on any atom is 0.306 e. The van der Waals surface area contributed by atoms with E-state index in [1.165, 1.54) is 0 Å². The topological polar surface area (TPSA) is 67.2 Å². The third-order valence-electron chi connectivity index (χ3n) is 3.82. The average molecular weight is 316 g/mol. The quantitative estimate of drug-likeness (QED) is 0.735. The molecule has 0 bridgehead atoms. The van der Waals surface area contributed by atoms with Crippen LogP contribution >= 0.6 is 11.6 Å². The van der Waals surface area contributed by atoms with E-state index in [1.807, 2.05) is 18.7 Å². The predicted octanol–water partition coefficient (Wildman–Crippen LogP) is 3.01. The molecule has 6 heteroatoms. The highest BCUT2D eigenvalue weighted by Gasteiger charge is 2.14. The highest BCUT2D eigenvalue weighted by Crippen LogP contribution is 2.20. The monoisotopic (exact) mass is 315 g/mol. The molecular weight excluding hydrogens is 290 g/mol. The van der Waals surface area contributed by atoms with E-state index < -0.39 is 5.97 Å². The third-order valence-corrected chi connectivity index (χ3v) is 4.25. The van der Waals surface area contributed by atoms with Gasteiger partial charge in [0.1, 0.15) is 0 Å². The molecule has 2 unspecified atom stereocenters. The van der Waals surface area contributed by atoms with Gasteiger partial charge in [0.2, 0.25) is 0 Å². The number of aromatic nitrogens is 2. The maximum absolute atomic E-state index is 10.8. The van der Waals surface area contributed by atoms with Gasteiger partial charge in [-0.3, -0.25) is 9.48 Å². The van der Waals surface area contributed by atoms with Gasteiger partial charge in [0.15, 0.2) is 0 Å². The summed E-state index contributed by atoms with van der Waals surface area (Å²) in [6, 6.07) is 0.321. The van der Waals surface area contributed by atoms with Gasteiger partial charge in [0.05, 0.1) is 22.3 Å². The van der Waals surface area contributed by atoms with Crippen molar-refractivity contribution in [3.8, 4) is 0 Å². The number of nitrogens with zero attached hydrogens (tertiary/aromatic N) is 2. The van der Waals surface area contributed by atoms with Crippen molar-refractivity contribution < 1.29 is 9.90 Å². The minimum atomic E-state index is -0.718. The van der Waals surface area contributed by atoms with E-state index in [9.17, 15) is 4.79 Å². The molecule has 120 valence electrons. The van der Waals surface area contributed by atoms with Gasteiger partial charge in [-0.25, -0.2) is 0 Å². The van der Waals surface area contributed by atoms with Crippen molar-refractivity contribution in [1.29, 1.82) is 0 Å². The van der Waals surface area contributed by atoms with Crippen LogP contribution in [0, 0.1) is 5.92 Å². The Labute approximate surface area is 131 Å². The van der Waals surface area contributed by atoms with Crippen molar-refractivity contribution in [2.45, 2.75) is 59.0 Å². The number of carboxylic acids is 1. The largest absolute Gasteiger partial charge is 0.481 e. The lowest BCUT2D eigenvalue weighted by Crippen LogP contribution is -2.26. The summed E-state index contributed by atoms with van der Waals surface area (Å²) in [6.45, 7) is 6.58. The highest BCUT2D eigenvalue weighted by atomic mass is 35.5. The Morgan fingerprint density at radius 3 is 2.62 bits per heavy atom. The molecule has 0 saturated carbocycles. The molecular formula is C15H26ClN3O2. The minimum absolute atomic E-state index is 0.268. The number of hydrogen-bond acceptors (Lipinski definition) is 3. The van der Waals surface area contributed by atoms with Crippen LogP contribution in [0.4, 0.5) is 0 Å². The fourth-order valence-electron chi connectivity index (χ4n) is 2.24. The van der Waals surface area contributed by atoms with Crippen LogP contribution in [0.2, 0.25) is 5.02 Å².